The molecule has 6 heteroatoms. The number of imidazole rings is 1. The Balaban J connectivity index is 1.51. The molecule has 0 spiro atoms. The van der Waals surface area contributed by atoms with Crippen molar-refractivity contribution in [2.75, 3.05) is 36.0 Å². The van der Waals surface area contributed by atoms with Crippen molar-refractivity contribution in [1.29, 1.82) is 0 Å². The van der Waals surface area contributed by atoms with Gasteiger partial charge in [-0.15, -0.1) is 0 Å². The Morgan fingerprint density at radius 1 is 0.880 bits per heavy atom. The zero-order valence-electron chi connectivity index (χ0n) is 15.1. The Hall–Kier alpha value is -2.63. The molecule has 1 fully saturated rings. The van der Waals surface area contributed by atoms with Crippen molar-refractivity contribution in [1.82, 2.24) is 19.4 Å². The highest BCUT2D eigenvalue weighted by molar-refractivity contribution is 5.54. The van der Waals surface area contributed by atoms with Crippen LogP contribution in [0.25, 0.3) is 5.65 Å². The molecule has 0 unspecified atom stereocenters. The zero-order chi connectivity index (χ0) is 17.4. The Morgan fingerprint density at radius 3 is 2.24 bits per heavy atom. The average Bonchev–Trinajstić information content (AvgIpc) is 3.06. The quantitative estimate of drug-likeness (QED) is 0.720. The van der Waals surface area contributed by atoms with E-state index in [1.165, 1.54) is 5.69 Å². The summed E-state index contributed by atoms with van der Waals surface area (Å²) in [6.07, 6.45) is 7.93. The van der Waals surface area contributed by atoms with Crippen LogP contribution >= 0.6 is 0 Å². The zero-order valence-corrected chi connectivity index (χ0v) is 15.1. The van der Waals surface area contributed by atoms with Gasteiger partial charge in [-0.25, -0.2) is 15.0 Å². The summed E-state index contributed by atoms with van der Waals surface area (Å²) in [6, 6.07) is 6.13. The number of pyridine rings is 1. The van der Waals surface area contributed by atoms with Gasteiger partial charge in [0.25, 0.3) is 0 Å². The number of piperazine rings is 1. The van der Waals surface area contributed by atoms with Crippen LogP contribution in [0.3, 0.4) is 0 Å². The highest BCUT2D eigenvalue weighted by Gasteiger charge is 2.21. The molecule has 4 heterocycles. The van der Waals surface area contributed by atoms with E-state index < -0.39 is 0 Å². The molecule has 0 aliphatic carbocycles. The lowest BCUT2D eigenvalue weighted by molar-refractivity contribution is 0.573. The molecule has 0 bridgehead atoms. The number of nitrogens with zero attached hydrogens (tertiary/aromatic N) is 6. The van der Waals surface area contributed by atoms with E-state index in [-0.39, 0.29) is 5.41 Å². The van der Waals surface area contributed by atoms with Gasteiger partial charge in [-0.3, -0.25) is 0 Å². The lowest BCUT2D eigenvalue weighted by atomic mass is 9.93. The molecule has 3 aromatic rings. The van der Waals surface area contributed by atoms with E-state index >= 15 is 0 Å². The number of fused-ring (bicyclic) bond motifs is 1. The van der Waals surface area contributed by atoms with Gasteiger partial charge in [-0.1, -0.05) is 20.8 Å². The fourth-order valence-electron chi connectivity index (χ4n) is 3.15. The Kier molecular flexibility index (Phi) is 3.82. The van der Waals surface area contributed by atoms with E-state index in [1.807, 2.05) is 6.07 Å². The maximum atomic E-state index is 4.74. The average molecular weight is 336 g/mol. The Bertz CT molecular complexity index is 857. The van der Waals surface area contributed by atoms with Crippen molar-refractivity contribution < 1.29 is 0 Å². The number of hydrogen-bond acceptors (Lipinski definition) is 5. The Labute approximate surface area is 148 Å². The molecule has 0 atom stereocenters. The van der Waals surface area contributed by atoms with Crippen molar-refractivity contribution in [2.45, 2.75) is 26.2 Å². The largest absolute Gasteiger partial charge is 0.367 e. The highest BCUT2D eigenvalue weighted by Crippen LogP contribution is 2.24. The molecule has 0 amide bonds. The topological polar surface area (TPSA) is 49.6 Å². The standard InChI is InChI=1S/C19H24N6/c1-19(2,3)16-14-25-13-15(5-6-17(25)22-16)23-9-11-24(12-10-23)18-20-7-4-8-21-18/h4-8,13-14H,9-12H2,1-3H3. The van der Waals surface area contributed by atoms with Crippen molar-refractivity contribution in [3.8, 4) is 0 Å². The van der Waals surface area contributed by atoms with E-state index in [0.29, 0.717) is 0 Å². The van der Waals surface area contributed by atoms with Crippen molar-refractivity contribution in [3.63, 3.8) is 0 Å². The van der Waals surface area contributed by atoms with Crippen LogP contribution in [0.2, 0.25) is 0 Å². The lowest BCUT2D eigenvalue weighted by Gasteiger charge is -2.36. The molecule has 0 aromatic carbocycles. The number of hydrogen-bond donors (Lipinski definition) is 0. The smallest absolute Gasteiger partial charge is 0.225 e. The van der Waals surface area contributed by atoms with Gasteiger partial charge in [0.15, 0.2) is 0 Å². The first kappa shape index (κ1) is 15.9. The minimum Gasteiger partial charge on any atom is -0.367 e. The van der Waals surface area contributed by atoms with Gasteiger partial charge >= 0.3 is 0 Å². The van der Waals surface area contributed by atoms with Crippen LogP contribution in [0.4, 0.5) is 11.6 Å². The van der Waals surface area contributed by atoms with Gasteiger partial charge < -0.3 is 14.2 Å². The fraction of sp³-hybridized carbons (Fsp3) is 0.421. The third kappa shape index (κ3) is 3.16. The predicted octanol–water partition coefficient (Wildman–Crippen LogP) is 2.75. The van der Waals surface area contributed by atoms with Crippen LogP contribution in [0.1, 0.15) is 26.5 Å². The van der Waals surface area contributed by atoms with E-state index in [0.717, 1.165) is 43.5 Å². The minimum absolute atomic E-state index is 0.0630. The second-order valence-electron chi connectivity index (χ2n) is 7.55. The summed E-state index contributed by atoms with van der Waals surface area (Å²) in [5.41, 5.74) is 3.42. The van der Waals surface area contributed by atoms with Crippen molar-refractivity contribution in [2.24, 2.45) is 0 Å². The van der Waals surface area contributed by atoms with Gasteiger partial charge in [-0.05, 0) is 18.2 Å². The van der Waals surface area contributed by atoms with E-state index in [9.17, 15) is 0 Å². The molecule has 0 saturated carbocycles. The molecule has 130 valence electrons. The molecule has 0 radical (unpaired) electrons. The van der Waals surface area contributed by atoms with Gasteiger partial charge in [0.05, 0.1) is 11.4 Å². The Morgan fingerprint density at radius 2 is 1.56 bits per heavy atom. The molecule has 6 nitrogen and oxygen atoms in total. The first-order valence-corrected chi connectivity index (χ1v) is 8.77. The lowest BCUT2D eigenvalue weighted by Crippen LogP contribution is -2.47. The number of anilines is 2. The predicted molar refractivity (Wildman–Crippen MR) is 100 cm³/mol. The summed E-state index contributed by atoms with van der Waals surface area (Å²) in [7, 11) is 0. The summed E-state index contributed by atoms with van der Waals surface area (Å²) >= 11 is 0. The molecule has 25 heavy (non-hydrogen) atoms. The first-order valence-electron chi connectivity index (χ1n) is 8.77. The molecule has 0 N–H and O–H groups in total. The maximum Gasteiger partial charge on any atom is 0.225 e. The molecule has 1 aliphatic rings. The van der Waals surface area contributed by atoms with E-state index in [4.69, 9.17) is 4.98 Å². The van der Waals surface area contributed by atoms with E-state index in [1.54, 1.807) is 12.4 Å². The molecular weight excluding hydrogens is 312 g/mol. The van der Waals surface area contributed by atoms with E-state index in [2.05, 4.69) is 69.5 Å². The van der Waals surface area contributed by atoms with Crippen molar-refractivity contribution in [3.05, 3.63) is 48.7 Å². The minimum atomic E-state index is 0.0630. The summed E-state index contributed by atoms with van der Waals surface area (Å²) in [5, 5.41) is 0. The second kappa shape index (κ2) is 6.02. The third-order valence-electron chi connectivity index (χ3n) is 4.68. The van der Waals surface area contributed by atoms with Crippen molar-refractivity contribution >= 4 is 17.3 Å². The first-order chi connectivity index (χ1) is 12.0. The normalized spacial score (nSPS) is 15.8. The third-order valence-corrected chi connectivity index (χ3v) is 4.68. The van der Waals surface area contributed by atoms with Crippen LogP contribution in [0.5, 0.6) is 0 Å². The number of aromatic nitrogens is 4. The summed E-state index contributed by atoms with van der Waals surface area (Å²) in [4.78, 5) is 18.1. The molecule has 1 aliphatic heterocycles. The fourth-order valence-corrected chi connectivity index (χ4v) is 3.15. The molecule has 4 rings (SSSR count). The van der Waals surface area contributed by atoms with Crippen LogP contribution in [0.15, 0.2) is 43.0 Å². The monoisotopic (exact) mass is 336 g/mol. The number of rotatable bonds is 2. The van der Waals surface area contributed by atoms with Crippen LogP contribution < -0.4 is 9.80 Å². The van der Waals surface area contributed by atoms with Gasteiger partial charge in [-0.2, -0.15) is 0 Å². The van der Waals surface area contributed by atoms with Crippen LogP contribution in [-0.4, -0.2) is 45.5 Å². The van der Waals surface area contributed by atoms with Crippen LogP contribution in [0, 0.1) is 0 Å². The van der Waals surface area contributed by atoms with Crippen LogP contribution in [-0.2, 0) is 5.41 Å². The van der Waals surface area contributed by atoms with Gasteiger partial charge in [0.1, 0.15) is 5.65 Å². The van der Waals surface area contributed by atoms with Gasteiger partial charge in [0.2, 0.25) is 5.95 Å². The summed E-state index contributed by atoms with van der Waals surface area (Å²) < 4.78 is 2.14. The molecular formula is C19H24N6. The molecule has 1 saturated heterocycles. The second-order valence-corrected chi connectivity index (χ2v) is 7.55. The SMILES string of the molecule is CC(C)(C)c1cn2cc(N3CCN(c4ncccn4)CC3)ccc2n1. The highest BCUT2D eigenvalue weighted by atomic mass is 15.3. The summed E-state index contributed by atoms with van der Waals surface area (Å²) in [5.74, 6) is 0.821. The maximum absolute atomic E-state index is 4.74. The summed E-state index contributed by atoms with van der Waals surface area (Å²) in [6.45, 7) is 10.4. The molecule has 3 aromatic heterocycles. The van der Waals surface area contributed by atoms with Gasteiger partial charge in [0, 0.05) is 56.4 Å².